The van der Waals surface area contributed by atoms with E-state index in [-0.39, 0.29) is 30.6 Å². The zero-order valence-electron chi connectivity index (χ0n) is 22.1. The summed E-state index contributed by atoms with van der Waals surface area (Å²) in [4.78, 5) is 20.6. The summed E-state index contributed by atoms with van der Waals surface area (Å²) in [7, 11) is 0. The molecule has 0 aliphatic carbocycles. The summed E-state index contributed by atoms with van der Waals surface area (Å²) >= 11 is 0. The van der Waals surface area contributed by atoms with Gasteiger partial charge >= 0.3 is 6.09 Å². The lowest BCUT2D eigenvalue weighted by atomic mass is 9.88. The number of rotatable bonds is 5. The number of hydrogen-bond acceptors (Lipinski definition) is 8. The highest BCUT2D eigenvalue weighted by molar-refractivity contribution is 5.85. The van der Waals surface area contributed by atoms with Crippen molar-refractivity contribution in [3.8, 4) is 22.9 Å². The van der Waals surface area contributed by atoms with E-state index >= 15 is 4.39 Å². The summed E-state index contributed by atoms with van der Waals surface area (Å²) in [6.07, 6.45) is 5.12. The average Bonchev–Trinajstić information content (AvgIpc) is 3.23. The molecule has 3 aliphatic heterocycles. The van der Waals surface area contributed by atoms with E-state index in [4.69, 9.17) is 9.47 Å². The fourth-order valence-corrected chi connectivity index (χ4v) is 4.94. The van der Waals surface area contributed by atoms with Crippen molar-refractivity contribution < 1.29 is 23.8 Å². The lowest BCUT2D eigenvalue weighted by Gasteiger charge is -2.56. The molecule has 3 aliphatic rings. The highest BCUT2D eigenvalue weighted by atomic mass is 19.1. The first-order valence-electron chi connectivity index (χ1n) is 12.5. The first kappa shape index (κ1) is 25.7. The smallest absolute Gasteiger partial charge is 0.410 e. The van der Waals surface area contributed by atoms with Crippen molar-refractivity contribution >= 4 is 17.4 Å². The first-order chi connectivity index (χ1) is 17.8. The molecule has 1 amide bonds. The van der Waals surface area contributed by atoms with Gasteiger partial charge in [-0.2, -0.15) is 10.4 Å². The zero-order valence-corrected chi connectivity index (χ0v) is 22.1. The predicted octanol–water partition coefficient (Wildman–Crippen LogP) is 3.75. The molecule has 200 valence electrons. The molecule has 38 heavy (non-hydrogen) atoms. The van der Waals surface area contributed by atoms with Crippen LogP contribution in [0.25, 0.3) is 16.6 Å². The van der Waals surface area contributed by atoms with Crippen molar-refractivity contribution in [3.63, 3.8) is 0 Å². The normalized spacial score (nSPS) is 19.2. The number of halogens is 1. The number of carbonyl (C=O) groups is 1. The van der Waals surface area contributed by atoms with Crippen LogP contribution in [0.3, 0.4) is 0 Å². The summed E-state index contributed by atoms with van der Waals surface area (Å²) in [6, 6.07) is 5.08. The van der Waals surface area contributed by atoms with Crippen LogP contribution in [-0.2, 0) is 4.74 Å². The Labute approximate surface area is 220 Å². The van der Waals surface area contributed by atoms with Crippen LogP contribution in [0.1, 0.15) is 46.6 Å². The van der Waals surface area contributed by atoms with Gasteiger partial charge in [-0.15, -0.1) is 0 Å². The number of hydrogen-bond donors (Lipinski definition) is 1. The standard InChI is InChI=1S/C27H31FN6O4/c1-26(2,3)38-25(35)34-18-7-19(34)13-32(12-18)24-22(28)6-16(10-30-24)21-8-20(37-15-27(4,5)36)14-33-23(21)17(9-29)11-31-33/h6,8,10-11,14,18-19,36H,7,12-13,15H2,1-5H3. The number of pyridine rings is 2. The number of amides is 1. The third kappa shape index (κ3) is 4.96. The Hall–Kier alpha value is -3.91. The SMILES string of the molecule is CC(C)(O)COc1cc(-c2cnc(N3CC4CC(C3)N4C(=O)OC(C)(C)C)c(F)c2)c2c(C#N)cnn2c1. The molecule has 2 atom stereocenters. The summed E-state index contributed by atoms with van der Waals surface area (Å²) in [5.74, 6) is 0.114. The van der Waals surface area contributed by atoms with E-state index in [1.807, 2.05) is 25.7 Å². The minimum absolute atomic E-state index is 0.0352. The number of piperidine rings is 1. The van der Waals surface area contributed by atoms with Crippen LogP contribution in [0.4, 0.5) is 15.0 Å². The molecule has 3 fully saturated rings. The Bertz CT molecular complexity index is 1420. The Morgan fingerprint density at radius 1 is 1.21 bits per heavy atom. The van der Waals surface area contributed by atoms with Crippen molar-refractivity contribution in [1.82, 2.24) is 19.5 Å². The topological polar surface area (TPSA) is 116 Å². The van der Waals surface area contributed by atoms with E-state index in [9.17, 15) is 15.2 Å². The molecule has 0 radical (unpaired) electrons. The molecule has 3 saturated heterocycles. The molecule has 0 spiro atoms. The van der Waals surface area contributed by atoms with Crippen molar-refractivity contribution in [2.24, 2.45) is 0 Å². The van der Waals surface area contributed by atoms with Crippen LogP contribution in [-0.4, -0.2) is 73.7 Å². The number of fused-ring (bicyclic) bond motifs is 3. The fraction of sp³-hybridized carbons (Fsp3) is 0.481. The van der Waals surface area contributed by atoms with Crippen LogP contribution in [0.5, 0.6) is 5.75 Å². The van der Waals surface area contributed by atoms with Crippen LogP contribution in [0.15, 0.2) is 30.7 Å². The van der Waals surface area contributed by atoms with E-state index in [0.29, 0.717) is 41.0 Å². The average molecular weight is 523 g/mol. The number of aliphatic hydroxyl groups is 1. The highest BCUT2D eigenvalue weighted by Crippen LogP contribution is 2.37. The van der Waals surface area contributed by atoms with Crippen LogP contribution in [0.2, 0.25) is 0 Å². The zero-order chi connectivity index (χ0) is 27.4. The summed E-state index contributed by atoms with van der Waals surface area (Å²) < 4.78 is 28.3. The second-order valence-corrected chi connectivity index (χ2v) is 11.5. The Kier molecular flexibility index (Phi) is 6.18. The van der Waals surface area contributed by atoms with Crippen molar-refractivity contribution in [3.05, 3.63) is 42.1 Å². The molecular formula is C27H31FN6O4. The lowest BCUT2D eigenvalue weighted by Crippen LogP contribution is -2.70. The van der Waals surface area contributed by atoms with Crippen LogP contribution >= 0.6 is 0 Å². The Morgan fingerprint density at radius 2 is 1.92 bits per heavy atom. The van der Waals surface area contributed by atoms with Gasteiger partial charge in [-0.05, 0) is 53.2 Å². The van der Waals surface area contributed by atoms with E-state index < -0.39 is 17.0 Å². The van der Waals surface area contributed by atoms with Gasteiger partial charge in [0.05, 0.1) is 41.2 Å². The van der Waals surface area contributed by atoms with Gasteiger partial charge in [-0.1, -0.05) is 0 Å². The fourth-order valence-electron chi connectivity index (χ4n) is 4.94. The van der Waals surface area contributed by atoms with Crippen molar-refractivity contribution in [2.75, 3.05) is 24.6 Å². The quantitative estimate of drug-likeness (QED) is 0.539. The van der Waals surface area contributed by atoms with Crippen LogP contribution < -0.4 is 9.64 Å². The summed E-state index contributed by atoms with van der Waals surface area (Å²) in [5.41, 5.74) is 0.191. The molecular weight excluding hydrogens is 491 g/mol. The maximum atomic E-state index is 15.5. The number of aromatic nitrogens is 3. The monoisotopic (exact) mass is 522 g/mol. The maximum Gasteiger partial charge on any atom is 0.410 e. The molecule has 2 bridgehead atoms. The molecule has 0 saturated carbocycles. The number of nitriles is 1. The second-order valence-electron chi connectivity index (χ2n) is 11.5. The number of nitrogens with zero attached hydrogens (tertiary/aromatic N) is 6. The van der Waals surface area contributed by atoms with Gasteiger partial charge in [0.1, 0.15) is 24.0 Å². The van der Waals surface area contributed by atoms with E-state index in [0.717, 1.165) is 6.42 Å². The first-order valence-corrected chi connectivity index (χ1v) is 12.5. The summed E-state index contributed by atoms with van der Waals surface area (Å²) in [5, 5.41) is 23.9. The van der Waals surface area contributed by atoms with Gasteiger partial charge in [0.2, 0.25) is 0 Å². The van der Waals surface area contributed by atoms with Gasteiger partial charge in [-0.25, -0.2) is 18.7 Å². The van der Waals surface area contributed by atoms with Crippen molar-refractivity contribution in [1.29, 1.82) is 5.26 Å². The number of carbonyl (C=O) groups excluding carboxylic acids is 1. The minimum atomic E-state index is -1.05. The molecule has 3 aromatic heterocycles. The number of anilines is 1. The third-order valence-corrected chi connectivity index (χ3v) is 6.53. The van der Waals surface area contributed by atoms with E-state index in [1.165, 1.54) is 16.8 Å². The van der Waals surface area contributed by atoms with E-state index in [2.05, 4.69) is 16.2 Å². The van der Waals surface area contributed by atoms with Gasteiger partial charge in [0.25, 0.3) is 0 Å². The molecule has 2 unspecified atom stereocenters. The van der Waals surface area contributed by atoms with Gasteiger partial charge in [0, 0.05) is 30.4 Å². The number of piperazine rings is 1. The van der Waals surface area contributed by atoms with Gasteiger partial charge in [0.15, 0.2) is 11.6 Å². The predicted molar refractivity (Wildman–Crippen MR) is 137 cm³/mol. The molecule has 11 heteroatoms. The molecule has 6 rings (SSSR count). The Morgan fingerprint density at radius 3 is 2.53 bits per heavy atom. The number of ether oxygens (including phenoxy) is 2. The van der Waals surface area contributed by atoms with Gasteiger partial charge in [-0.3, -0.25) is 4.90 Å². The molecule has 0 aromatic carbocycles. The molecule has 10 nitrogen and oxygen atoms in total. The second kappa shape index (κ2) is 9.13. The molecule has 1 N–H and O–H groups in total. The maximum absolute atomic E-state index is 15.5. The molecule has 6 heterocycles. The van der Waals surface area contributed by atoms with E-state index in [1.54, 1.807) is 37.2 Å². The van der Waals surface area contributed by atoms with Crippen LogP contribution in [0, 0.1) is 17.1 Å². The van der Waals surface area contributed by atoms with Crippen molar-refractivity contribution in [2.45, 2.75) is 64.3 Å². The highest BCUT2D eigenvalue weighted by Gasteiger charge is 2.49. The van der Waals surface area contributed by atoms with Gasteiger partial charge < -0.3 is 19.5 Å². The Balaban J connectivity index is 1.41. The lowest BCUT2D eigenvalue weighted by molar-refractivity contribution is -0.0381. The minimum Gasteiger partial charge on any atom is -0.489 e. The molecule has 3 aromatic rings. The largest absolute Gasteiger partial charge is 0.489 e. The summed E-state index contributed by atoms with van der Waals surface area (Å²) in [6.45, 7) is 9.72. The third-order valence-electron chi connectivity index (χ3n) is 6.53.